The lowest BCUT2D eigenvalue weighted by Gasteiger charge is -2.08. The zero-order valence-electron chi connectivity index (χ0n) is 10.5. The van der Waals surface area contributed by atoms with Crippen molar-refractivity contribution in [3.05, 3.63) is 53.8 Å². The number of carbonyl (C=O) groups is 1. The van der Waals surface area contributed by atoms with Crippen molar-refractivity contribution in [2.75, 3.05) is 5.32 Å². The summed E-state index contributed by atoms with van der Waals surface area (Å²) in [5.74, 6) is -1.87. The third kappa shape index (κ3) is 3.88. The number of phenols is 1. The second-order valence-corrected chi connectivity index (χ2v) is 4.02. The maximum absolute atomic E-state index is 12.8. The van der Waals surface area contributed by atoms with E-state index < -0.39 is 24.1 Å². The maximum Gasteiger partial charge on any atom is 0.387 e. The average molecular weight is 297 g/mol. The first-order chi connectivity index (χ1) is 9.95. The topological polar surface area (TPSA) is 58.6 Å². The third-order valence-electron chi connectivity index (χ3n) is 2.54. The number of ether oxygens (including phenoxy) is 1. The molecular weight excluding hydrogens is 287 g/mol. The minimum atomic E-state index is -2.93. The van der Waals surface area contributed by atoms with Gasteiger partial charge in [-0.05, 0) is 36.4 Å². The van der Waals surface area contributed by atoms with Gasteiger partial charge in [0.2, 0.25) is 0 Å². The lowest BCUT2D eigenvalue weighted by atomic mass is 10.1. The van der Waals surface area contributed by atoms with Gasteiger partial charge in [-0.1, -0.05) is 0 Å². The summed E-state index contributed by atoms with van der Waals surface area (Å²) in [6.07, 6.45) is 0. The Balaban J connectivity index is 2.08. The molecule has 7 heteroatoms. The van der Waals surface area contributed by atoms with Crippen LogP contribution in [-0.2, 0) is 0 Å². The van der Waals surface area contributed by atoms with Gasteiger partial charge in [-0.2, -0.15) is 8.78 Å². The molecule has 2 rings (SSSR count). The molecule has 0 aliphatic heterocycles. The van der Waals surface area contributed by atoms with E-state index in [2.05, 4.69) is 10.1 Å². The molecule has 0 radical (unpaired) electrons. The van der Waals surface area contributed by atoms with Crippen molar-refractivity contribution < 1.29 is 27.8 Å². The summed E-state index contributed by atoms with van der Waals surface area (Å²) in [6.45, 7) is -2.93. The second-order valence-electron chi connectivity index (χ2n) is 4.02. The van der Waals surface area contributed by atoms with E-state index in [1.807, 2.05) is 0 Å². The van der Waals surface area contributed by atoms with E-state index >= 15 is 0 Å². The largest absolute Gasteiger partial charge is 0.507 e. The SMILES string of the molecule is O=C(Nc1ccc(OC(F)F)cc1)c1ccc(F)cc1O. The van der Waals surface area contributed by atoms with Crippen molar-refractivity contribution in [3.8, 4) is 11.5 Å². The zero-order valence-corrected chi connectivity index (χ0v) is 10.5. The third-order valence-corrected chi connectivity index (χ3v) is 2.54. The molecule has 2 aromatic carbocycles. The minimum absolute atomic E-state index is 0.0485. The molecule has 0 spiro atoms. The van der Waals surface area contributed by atoms with Crippen molar-refractivity contribution in [1.29, 1.82) is 0 Å². The molecule has 0 saturated carbocycles. The fourth-order valence-electron chi connectivity index (χ4n) is 1.61. The first-order valence-electron chi connectivity index (χ1n) is 5.80. The number of alkyl halides is 2. The highest BCUT2D eigenvalue weighted by Gasteiger charge is 2.12. The van der Waals surface area contributed by atoms with E-state index in [-0.39, 0.29) is 11.3 Å². The van der Waals surface area contributed by atoms with E-state index in [1.54, 1.807) is 0 Å². The number of hydrogen-bond donors (Lipinski definition) is 2. The van der Waals surface area contributed by atoms with E-state index in [1.165, 1.54) is 24.3 Å². The monoisotopic (exact) mass is 297 g/mol. The van der Waals surface area contributed by atoms with Crippen molar-refractivity contribution in [2.45, 2.75) is 6.61 Å². The molecule has 0 bridgehead atoms. The van der Waals surface area contributed by atoms with Crippen LogP contribution in [0.2, 0.25) is 0 Å². The predicted molar refractivity (Wildman–Crippen MR) is 69.1 cm³/mol. The van der Waals surface area contributed by atoms with Crippen molar-refractivity contribution in [3.63, 3.8) is 0 Å². The Kier molecular flexibility index (Phi) is 4.32. The second kappa shape index (κ2) is 6.17. The average Bonchev–Trinajstić information content (AvgIpc) is 2.40. The molecule has 0 fully saturated rings. The van der Waals surface area contributed by atoms with Crippen LogP contribution in [0, 0.1) is 5.82 Å². The summed E-state index contributed by atoms with van der Waals surface area (Å²) in [4.78, 5) is 11.9. The Morgan fingerprint density at radius 2 is 1.81 bits per heavy atom. The van der Waals surface area contributed by atoms with Crippen LogP contribution in [0.1, 0.15) is 10.4 Å². The summed E-state index contributed by atoms with van der Waals surface area (Å²) in [7, 11) is 0. The summed E-state index contributed by atoms with van der Waals surface area (Å²) < 4.78 is 40.9. The number of aromatic hydroxyl groups is 1. The van der Waals surface area contributed by atoms with Crippen LogP contribution in [0.3, 0.4) is 0 Å². The molecule has 0 aromatic heterocycles. The summed E-state index contributed by atoms with van der Waals surface area (Å²) in [5, 5.41) is 11.9. The Morgan fingerprint density at radius 1 is 1.14 bits per heavy atom. The van der Waals surface area contributed by atoms with E-state index in [4.69, 9.17) is 0 Å². The van der Waals surface area contributed by atoms with Gasteiger partial charge in [0.15, 0.2) is 0 Å². The standard InChI is InChI=1S/C14H10F3NO3/c15-8-1-6-11(12(19)7-8)13(20)18-9-2-4-10(5-3-9)21-14(16)17/h1-7,14,19H,(H,18,20). The molecule has 110 valence electrons. The number of anilines is 1. The van der Waals surface area contributed by atoms with Crippen LogP contribution in [-0.4, -0.2) is 17.6 Å². The first-order valence-corrected chi connectivity index (χ1v) is 5.80. The maximum atomic E-state index is 12.8. The van der Waals surface area contributed by atoms with Crippen LogP contribution in [0.4, 0.5) is 18.9 Å². The molecule has 0 unspecified atom stereocenters. The van der Waals surface area contributed by atoms with Gasteiger partial charge in [0.1, 0.15) is 17.3 Å². The predicted octanol–water partition coefficient (Wildman–Crippen LogP) is 3.39. The molecule has 0 heterocycles. The smallest absolute Gasteiger partial charge is 0.387 e. The fraction of sp³-hybridized carbons (Fsp3) is 0.0714. The summed E-state index contributed by atoms with van der Waals surface area (Å²) >= 11 is 0. The number of phenolic OH excluding ortho intramolecular Hbond substituents is 1. The number of rotatable bonds is 4. The Bertz CT molecular complexity index is 644. The summed E-state index contributed by atoms with van der Waals surface area (Å²) in [5.41, 5.74) is 0.203. The van der Waals surface area contributed by atoms with Crippen molar-refractivity contribution in [1.82, 2.24) is 0 Å². The normalized spacial score (nSPS) is 10.5. The number of carbonyl (C=O) groups excluding carboxylic acids is 1. The molecule has 2 aromatic rings. The van der Waals surface area contributed by atoms with Crippen LogP contribution in [0.25, 0.3) is 0 Å². The fourth-order valence-corrected chi connectivity index (χ4v) is 1.61. The van der Waals surface area contributed by atoms with Gasteiger partial charge in [-0.3, -0.25) is 4.79 Å². The first kappa shape index (κ1) is 14.7. The number of benzene rings is 2. The Morgan fingerprint density at radius 3 is 2.38 bits per heavy atom. The zero-order chi connectivity index (χ0) is 15.4. The minimum Gasteiger partial charge on any atom is -0.507 e. The molecule has 0 aliphatic carbocycles. The van der Waals surface area contributed by atoms with Crippen LogP contribution >= 0.6 is 0 Å². The highest BCUT2D eigenvalue weighted by molar-refractivity contribution is 6.06. The lowest BCUT2D eigenvalue weighted by molar-refractivity contribution is -0.0498. The van der Waals surface area contributed by atoms with Gasteiger partial charge in [-0.25, -0.2) is 4.39 Å². The number of hydrogen-bond acceptors (Lipinski definition) is 3. The number of nitrogens with one attached hydrogen (secondary N) is 1. The van der Waals surface area contributed by atoms with Gasteiger partial charge in [0.25, 0.3) is 5.91 Å². The number of amides is 1. The number of halogens is 3. The molecule has 2 N–H and O–H groups in total. The molecule has 4 nitrogen and oxygen atoms in total. The quantitative estimate of drug-likeness (QED) is 0.909. The molecule has 21 heavy (non-hydrogen) atoms. The van der Waals surface area contributed by atoms with Crippen LogP contribution in [0.5, 0.6) is 11.5 Å². The molecule has 0 aliphatic rings. The lowest BCUT2D eigenvalue weighted by Crippen LogP contribution is -2.12. The van der Waals surface area contributed by atoms with Crippen molar-refractivity contribution >= 4 is 11.6 Å². The van der Waals surface area contributed by atoms with Crippen LogP contribution < -0.4 is 10.1 Å². The van der Waals surface area contributed by atoms with E-state index in [0.29, 0.717) is 5.69 Å². The Hall–Kier alpha value is -2.70. The summed E-state index contributed by atoms with van der Waals surface area (Å²) in [6, 6.07) is 8.21. The van der Waals surface area contributed by atoms with Gasteiger partial charge in [0, 0.05) is 11.8 Å². The van der Waals surface area contributed by atoms with Gasteiger partial charge >= 0.3 is 6.61 Å². The van der Waals surface area contributed by atoms with E-state index in [0.717, 1.165) is 18.2 Å². The molecule has 0 saturated heterocycles. The van der Waals surface area contributed by atoms with E-state index in [9.17, 15) is 23.1 Å². The van der Waals surface area contributed by atoms with Gasteiger partial charge < -0.3 is 15.2 Å². The Labute approximate surface area is 117 Å². The van der Waals surface area contributed by atoms with Crippen molar-refractivity contribution in [2.24, 2.45) is 0 Å². The van der Waals surface area contributed by atoms with Crippen LogP contribution in [0.15, 0.2) is 42.5 Å². The highest BCUT2D eigenvalue weighted by atomic mass is 19.3. The molecule has 1 amide bonds. The molecule has 0 atom stereocenters. The van der Waals surface area contributed by atoms with Gasteiger partial charge in [0.05, 0.1) is 5.56 Å². The molecular formula is C14H10F3NO3. The highest BCUT2D eigenvalue weighted by Crippen LogP contribution is 2.21. The van der Waals surface area contributed by atoms with Gasteiger partial charge in [-0.15, -0.1) is 0 Å².